The van der Waals surface area contributed by atoms with E-state index in [0.29, 0.717) is 16.6 Å². The van der Waals surface area contributed by atoms with Crippen LogP contribution in [0.1, 0.15) is 27.7 Å². The van der Waals surface area contributed by atoms with Gasteiger partial charge in [-0.05, 0) is 30.3 Å². The Labute approximate surface area is 179 Å². The highest BCUT2D eigenvalue weighted by molar-refractivity contribution is 7.15. The number of anilines is 2. The molecule has 1 aromatic heterocycles. The number of aromatic nitrogens is 2. The van der Waals surface area contributed by atoms with E-state index in [2.05, 4.69) is 15.5 Å². The van der Waals surface area contributed by atoms with E-state index in [4.69, 9.17) is 11.6 Å². The fourth-order valence-electron chi connectivity index (χ4n) is 3.12. The Bertz CT molecular complexity index is 1130. The van der Waals surface area contributed by atoms with Gasteiger partial charge in [0.15, 0.2) is 0 Å². The minimum absolute atomic E-state index is 0.0281. The minimum Gasteiger partial charge on any atom is -0.312 e. The van der Waals surface area contributed by atoms with Crippen molar-refractivity contribution >= 4 is 51.3 Å². The summed E-state index contributed by atoms with van der Waals surface area (Å²) in [5, 5.41) is 23.0. The number of hydrogen-bond donors (Lipinski definition) is 1. The number of nitro groups is 1. The number of halogens is 1. The third-order valence-corrected chi connectivity index (χ3v) is 5.85. The number of hydrogen-bond acceptors (Lipinski definition) is 7. The zero-order valence-electron chi connectivity index (χ0n) is 15.3. The van der Waals surface area contributed by atoms with E-state index in [0.717, 1.165) is 5.69 Å². The Balaban J connectivity index is 1.45. The first-order valence-corrected chi connectivity index (χ1v) is 10.1. The van der Waals surface area contributed by atoms with E-state index in [1.54, 1.807) is 29.2 Å². The lowest BCUT2D eigenvalue weighted by Crippen LogP contribution is -2.24. The minimum atomic E-state index is -0.566. The SMILES string of the molecule is O=C(Nc1nnc(C2CC(=O)N(c3ccc(Cl)cc3)C2)s1)c1cccc([N+](=O)[O-])c1. The normalized spacial score (nSPS) is 16.0. The Morgan fingerprint density at radius 2 is 2.00 bits per heavy atom. The maximum atomic E-state index is 12.4. The second kappa shape index (κ2) is 8.17. The number of nitro benzene ring substituents is 1. The summed E-state index contributed by atoms with van der Waals surface area (Å²) >= 11 is 7.08. The zero-order chi connectivity index (χ0) is 21.3. The molecule has 9 nitrogen and oxygen atoms in total. The van der Waals surface area contributed by atoms with Crippen molar-refractivity contribution in [3.05, 3.63) is 74.2 Å². The predicted molar refractivity (Wildman–Crippen MR) is 112 cm³/mol. The van der Waals surface area contributed by atoms with Crippen LogP contribution in [0.3, 0.4) is 0 Å². The fraction of sp³-hybridized carbons (Fsp3) is 0.158. The van der Waals surface area contributed by atoms with Crippen molar-refractivity contribution in [2.75, 3.05) is 16.8 Å². The van der Waals surface area contributed by atoms with E-state index < -0.39 is 10.8 Å². The lowest BCUT2D eigenvalue weighted by atomic mass is 10.1. The molecule has 1 N–H and O–H groups in total. The monoisotopic (exact) mass is 443 g/mol. The largest absolute Gasteiger partial charge is 0.312 e. The van der Waals surface area contributed by atoms with E-state index in [9.17, 15) is 19.7 Å². The Morgan fingerprint density at radius 3 is 2.73 bits per heavy atom. The van der Waals surface area contributed by atoms with Gasteiger partial charge in [-0.1, -0.05) is 29.0 Å². The van der Waals surface area contributed by atoms with Gasteiger partial charge >= 0.3 is 0 Å². The number of amides is 2. The lowest BCUT2D eigenvalue weighted by Gasteiger charge is -2.16. The van der Waals surface area contributed by atoms with Crippen molar-refractivity contribution in [1.82, 2.24) is 10.2 Å². The highest BCUT2D eigenvalue weighted by atomic mass is 35.5. The molecule has 1 fully saturated rings. The molecule has 0 radical (unpaired) electrons. The van der Waals surface area contributed by atoms with Crippen LogP contribution in [0, 0.1) is 10.1 Å². The number of nitrogens with zero attached hydrogens (tertiary/aromatic N) is 4. The summed E-state index contributed by atoms with van der Waals surface area (Å²) < 4.78 is 0. The van der Waals surface area contributed by atoms with Gasteiger partial charge in [0.25, 0.3) is 11.6 Å². The fourth-order valence-corrected chi connectivity index (χ4v) is 4.08. The first-order chi connectivity index (χ1) is 14.4. The average molecular weight is 444 g/mol. The van der Waals surface area contributed by atoms with E-state index in [-0.39, 0.29) is 34.6 Å². The first kappa shape index (κ1) is 19.9. The van der Waals surface area contributed by atoms with Crippen molar-refractivity contribution in [2.24, 2.45) is 0 Å². The summed E-state index contributed by atoms with van der Waals surface area (Å²) in [4.78, 5) is 36.8. The molecule has 152 valence electrons. The highest BCUT2D eigenvalue weighted by Gasteiger charge is 2.34. The van der Waals surface area contributed by atoms with Crippen molar-refractivity contribution in [2.45, 2.75) is 12.3 Å². The van der Waals surface area contributed by atoms with Crippen LogP contribution in [0.2, 0.25) is 5.02 Å². The van der Waals surface area contributed by atoms with E-state index >= 15 is 0 Å². The molecule has 0 saturated carbocycles. The number of carbonyl (C=O) groups is 2. The molecule has 2 heterocycles. The number of rotatable bonds is 5. The number of carbonyl (C=O) groups excluding carboxylic acids is 2. The quantitative estimate of drug-likeness (QED) is 0.472. The van der Waals surface area contributed by atoms with Crippen molar-refractivity contribution in [1.29, 1.82) is 0 Å². The number of non-ortho nitro benzene ring substituents is 1. The summed E-state index contributed by atoms with van der Waals surface area (Å²) in [6, 6.07) is 12.4. The van der Waals surface area contributed by atoms with Gasteiger partial charge in [0.1, 0.15) is 5.01 Å². The average Bonchev–Trinajstić information content (AvgIpc) is 3.35. The lowest BCUT2D eigenvalue weighted by molar-refractivity contribution is -0.384. The van der Waals surface area contributed by atoms with Crippen LogP contribution < -0.4 is 10.2 Å². The van der Waals surface area contributed by atoms with E-state index in [1.807, 2.05) is 0 Å². The maximum Gasteiger partial charge on any atom is 0.270 e. The summed E-state index contributed by atoms with van der Waals surface area (Å²) in [5.41, 5.74) is 0.730. The van der Waals surface area contributed by atoms with Gasteiger partial charge in [0, 0.05) is 47.3 Å². The van der Waals surface area contributed by atoms with Crippen molar-refractivity contribution in [3.8, 4) is 0 Å². The summed E-state index contributed by atoms with van der Waals surface area (Å²) in [6.45, 7) is 0.452. The van der Waals surface area contributed by atoms with Gasteiger partial charge in [-0.25, -0.2) is 0 Å². The Hall–Kier alpha value is -3.37. The molecule has 1 atom stereocenters. The van der Waals surface area contributed by atoms with Crippen LogP contribution in [0.15, 0.2) is 48.5 Å². The van der Waals surface area contributed by atoms with Crippen LogP contribution in [0.4, 0.5) is 16.5 Å². The van der Waals surface area contributed by atoms with Crippen LogP contribution >= 0.6 is 22.9 Å². The van der Waals surface area contributed by atoms with Gasteiger partial charge in [0.2, 0.25) is 11.0 Å². The second-order valence-corrected chi connectivity index (χ2v) is 8.03. The van der Waals surface area contributed by atoms with Gasteiger partial charge in [-0.3, -0.25) is 25.0 Å². The molecule has 0 aliphatic carbocycles. The molecule has 2 aromatic carbocycles. The molecule has 0 bridgehead atoms. The molecule has 1 unspecified atom stereocenters. The highest BCUT2D eigenvalue weighted by Crippen LogP contribution is 2.34. The molecule has 30 heavy (non-hydrogen) atoms. The molecule has 4 rings (SSSR count). The molecule has 2 amide bonds. The number of benzene rings is 2. The van der Waals surface area contributed by atoms with Gasteiger partial charge < -0.3 is 4.90 Å². The predicted octanol–water partition coefficient (Wildman–Crippen LogP) is 3.87. The van der Waals surface area contributed by atoms with Crippen molar-refractivity contribution < 1.29 is 14.5 Å². The second-order valence-electron chi connectivity index (χ2n) is 6.59. The van der Waals surface area contributed by atoms with Crippen molar-refractivity contribution in [3.63, 3.8) is 0 Å². The molecule has 1 saturated heterocycles. The summed E-state index contributed by atoms with van der Waals surface area (Å²) in [7, 11) is 0. The number of nitrogens with one attached hydrogen (secondary N) is 1. The molecular formula is C19H14ClN5O4S. The summed E-state index contributed by atoms with van der Waals surface area (Å²) in [5.74, 6) is -0.694. The van der Waals surface area contributed by atoms with Crippen LogP contribution in [-0.4, -0.2) is 33.5 Å². The zero-order valence-corrected chi connectivity index (χ0v) is 16.9. The molecule has 3 aromatic rings. The van der Waals surface area contributed by atoms with Gasteiger partial charge in [0.05, 0.1) is 4.92 Å². The summed E-state index contributed by atoms with van der Waals surface area (Å²) in [6.07, 6.45) is 0.288. The maximum absolute atomic E-state index is 12.4. The molecular weight excluding hydrogens is 430 g/mol. The first-order valence-electron chi connectivity index (χ1n) is 8.86. The smallest absolute Gasteiger partial charge is 0.270 e. The Morgan fingerprint density at radius 1 is 1.23 bits per heavy atom. The topological polar surface area (TPSA) is 118 Å². The molecule has 1 aliphatic rings. The van der Waals surface area contributed by atoms with Gasteiger partial charge in [-0.15, -0.1) is 10.2 Å². The molecule has 11 heteroatoms. The van der Waals surface area contributed by atoms with E-state index in [1.165, 1.54) is 35.6 Å². The molecule has 0 spiro atoms. The van der Waals surface area contributed by atoms with Crippen LogP contribution in [-0.2, 0) is 4.79 Å². The van der Waals surface area contributed by atoms with Gasteiger partial charge in [-0.2, -0.15) is 0 Å². The van der Waals surface area contributed by atoms with Crippen LogP contribution in [0.25, 0.3) is 0 Å². The standard InChI is InChI=1S/C19H14ClN5O4S/c20-13-4-6-14(7-5-13)24-10-12(9-16(24)26)18-22-23-19(30-18)21-17(27)11-2-1-3-15(8-11)25(28)29/h1-8,12H,9-10H2,(H,21,23,27). The van der Waals surface area contributed by atoms with Crippen LogP contribution in [0.5, 0.6) is 0 Å². The third-order valence-electron chi connectivity index (χ3n) is 4.59. The molecule has 1 aliphatic heterocycles. The Kier molecular flexibility index (Phi) is 5.42. The third kappa shape index (κ3) is 4.14.